The molecular weight excluding hydrogens is 403 g/mol. The van der Waals surface area contributed by atoms with Gasteiger partial charge >= 0.3 is 0 Å². The molecule has 4 rings (SSSR count). The van der Waals surface area contributed by atoms with Crippen LogP contribution in [-0.4, -0.2) is 19.1 Å². The first-order chi connectivity index (χ1) is 13.0. The minimum atomic E-state index is -0.226. The average molecular weight is 415 g/mol. The van der Waals surface area contributed by atoms with Crippen molar-refractivity contribution in [1.29, 1.82) is 0 Å². The molecular formula is C19H12Cl2N4OS. The van der Waals surface area contributed by atoms with Crippen molar-refractivity contribution in [3.63, 3.8) is 0 Å². The number of rotatable bonds is 3. The van der Waals surface area contributed by atoms with Crippen LogP contribution in [0.3, 0.4) is 0 Å². The van der Waals surface area contributed by atoms with Crippen molar-refractivity contribution in [2.75, 3.05) is 0 Å². The van der Waals surface area contributed by atoms with E-state index in [1.165, 1.54) is 4.57 Å². The van der Waals surface area contributed by atoms with Gasteiger partial charge in [-0.15, -0.1) is 0 Å². The summed E-state index contributed by atoms with van der Waals surface area (Å²) in [6, 6.07) is 14.0. The Labute approximate surface area is 169 Å². The molecule has 0 radical (unpaired) electrons. The van der Waals surface area contributed by atoms with Gasteiger partial charge in [-0.3, -0.25) is 9.36 Å². The Morgan fingerprint density at radius 3 is 2.52 bits per heavy atom. The first-order valence-corrected chi connectivity index (χ1v) is 9.18. The molecule has 0 unspecified atom stereocenters. The third-order valence-corrected chi connectivity index (χ3v) is 4.84. The second kappa shape index (κ2) is 7.23. The summed E-state index contributed by atoms with van der Waals surface area (Å²) in [5, 5.41) is 1.01. The fourth-order valence-corrected chi connectivity index (χ4v) is 3.34. The van der Waals surface area contributed by atoms with E-state index in [9.17, 15) is 4.79 Å². The molecule has 5 nitrogen and oxygen atoms in total. The molecule has 2 aromatic rings. The molecule has 0 aliphatic carbocycles. The van der Waals surface area contributed by atoms with Gasteiger partial charge in [0.05, 0.1) is 17.8 Å². The van der Waals surface area contributed by atoms with E-state index < -0.39 is 0 Å². The van der Waals surface area contributed by atoms with Crippen molar-refractivity contribution in [2.24, 2.45) is 0 Å². The highest BCUT2D eigenvalue weighted by molar-refractivity contribution is 7.71. The van der Waals surface area contributed by atoms with Crippen LogP contribution in [0.25, 0.3) is 17.1 Å². The average Bonchev–Trinajstić information content (AvgIpc) is 2.66. The van der Waals surface area contributed by atoms with E-state index in [0.29, 0.717) is 33.8 Å². The number of aromatic nitrogens is 4. The van der Waals surface area contributed by atoms with E-state index in [1.807, 2.05) is 22.9 Å². The third kappa shape index (κ3) is 3.51. The lowest BCUT2D eigenvalue weighted by Crippen LogP contribution is -2.25. The molecule has 134 valence electrons. The van der Waals surface area contributed by atoms with Gasteiger partial charge in [0.15, 0.2) is 0 Å². The van der Waals surface area contributed by atoms with Crippen molar-refractivity contribution < 1.29 is 0 Å². The van der Waals surface area contributed by atoms with Crippen LogP contribution >= 0.6 is 35.4 Å². The van der Waals surface area contributed by atoms with Gasteiger partial charge in [0.1, 0.15) is 11.0 Å². The fraction of sp³-hybridized carbons (Fsp3) is 0.0526. The summed E-state index contributed by atoms with van der Waals surface area (Å²) in [4.78, 5) is 21.7. The van der Waals surface area contributed by atoms with E-state index in [0.717, 1.165) is 5.56 Å². The Balaban J connectivity index is 1.85. The van der Waals surface area contributed by atoms with Crippen molar-refractivity contribution in [3.8, 4) is 17.1 Å². The van der Waals surface area contributed by atoms with E-state index in [-0.39, 0.29) is 10.3 Å². The number of nitrogens with zero attached hydrogens (tertiary/aromatic N) is 4. The number of hydrogen-bond donors (Lipinski definition) is 0. The Bertz CT molecular complexity index is 1200. The highest BCUT2D eigenvalue weighted by Crippen LogP contribution is 2.19. The first kappa shape index (κ1) is 17.9. The normalized spacial score (nSPS) is 11.0. The maximum Gasteiger partial charge on any atom is 0.268 e. The summed E-state index contributed by atoms with van der Waals surface area (Å²) >= 11 is 17.2. The second-order valence-corrected chi connectivity index (χ2v) is 7.06. The molecule has 0 saturated carbocycles. The van der Waals surface area contributed by atoms with Crippen LogP contribution in [0.4, 0.5) is 0 Å². The highest BCUT2D eigenvalue weighted by atomic mass is 35.5. The quantitative estimate of drug-likeness (QED) is 0.362. The number of fused-ring (bicyclic) bond motifs is 1. The molecule has 0 atom stereocenters. The molecule has 0 saturated heterocycles. The Morgan fingerprint density at radius 1 is 1.04 bits per heavy atom. The maximum atomic E-state index is 13.1. The maximum absolute atomic E-state index is 13.1. The molecule has 0 amide bonds. The zero-order valence-electron chi connectivity index (χ0n) is 13.8. The van der Waals surface area contributed by atoms with Gasteiger partial charge in [-0.1, -0.05) is 29.3 Å². The molecule has 1 aromatic heterocycles. The van der Waals surface area contributed by atoms with Gasteiger partial charge in [-0.2, -0.15) is 0 Å². The summed E-state index contributed by atoms with van der Waals surface area (Å²) in [6.07, 6.45) is 3.54. The number of pyridine rings is 2. The third-order valence-electron chi connectivity index (χ3n) is 4.09. The molecule has 3 heterocycles. The molecule has 2 aliphatic rings. The van der Waals surface area contributed by atoms with Gasteiger partial charge in [0, 0.05) is 17.4 Å². The van der Waals surface area contributed by atoms with Gasteiger partial charge < -0.3 is 4.57 Å². The number of halogens is 2. The molecule has 0 N–H and O–H groups in total. The van der Waals surface area contributed by atoms with Gasteiger partial charge in [-0.05, 0) is 60.2 Å². The van der Waals surface area contributed by atoms with E-state index in [2.05, 4.69) is 9.97 Å². The Morgan fingerprint density at radius 2 is 1.81 bits per heavy atom. The summed E-state index contributed by atoms with van der Waals surface area (Å²) < 4.78 is 3.45. The van der Waals surface area contributed by atoms with Crippen LogP contribution in [0.5, 0.6) is 0 Å². The zero-order valence-corrected chi connectivity index (χ0v) is 16.2. The Hall–Kier alpha value is -2.54. The Kier molecular flexibility index (Phi) is 4.78. The van der Waals surface area contributed by atoms with Gasteiger partial charge in [0.2, 0.25) is 4.77 Å². The summed E-state index contributed by atoms with van der Waals surface area (Å²) in [7, 11) is 0. The summed E-state index contributed by atoms with van der Waals surface area (Å²) in [5.41, 5.74) is 1.81. The van der Waals surface area contributed by atoms with Crippen molar-refractivity contribution in [2.45, 2.75) is 6.54 Å². The lowest BCUT2D eigenvalue weighted by Gasteiger charge is -2.16. The van der Waals surface area contributed by atoms with Crippen LogP contribution in [0.1, 0.15) is 5.56 Å². The van der Waals surface area contributed by atoms with Crippen LogP contribution in [-0.2, 0) is 6.54 Å². The summed E-state index contributed by atoms with van der Waals surface area (Å²) in [5.74, 6) is 0.521. The van der Waals surface area contributed by atoms with Crippen LogP contribution in [0.15, 0.2) is 65.7 Å². The second-order valence-electron chi connectivity index (χ2n) is 5.87. The van der Waals surface area contributed by atoms with Crippen molar-refractivity contribution in [3.05, 3.63) is 91.8 Å². The SMILES string of the molecule is O=c1c2cccn(Cc3ccc(Cl)nc3)c-2nc(=S)n1-c1ccc(Cl)cc1. The van der Waals surface area contributed by atoms with Crippen molar-refractivity contribution >= 4 is 35.4 Å². The van der Waals surface area contributed by atoms with E-state index >= 15 is 0 Å². The number of hydrogen-bond acceptors (Lipinski definition) is 4. The molecule has 8 heteroatoms. The van der Waals surface area contributed by atoms with E-state index in [1.54, 1.807) is 42.6 Å². The minimum absolute atomic E-state index is 0.184. The largest absolute Gasteiger partial charge is 0.328 e. The number of benzene rings is 1. The predicted octanol–water partition coefficient (Wildman–Crippen LogP) is 4.62. The molecule has 27 heavy (non-hydrogen) atoms. The van der Waals surface area contributed by atoms with Crippen LogP contribution in [0.2, 0.25) is 10.2 Å². The lowest BCUT2D eigenvalue weighted by atomic mass is 10.2. The van der Waals surface area contributed by atoms with Crippen molar-refractivity contribution in [1.82, 2.24) is 19.1 Å². The molecule has 0 fully saturated rings. The standard InChI is InChI=1S/C19H12Cl2N4OS/c20-13-4-6-14(7-5-13)25-18(26)15-2-1-9-24(17(15)23-19(25)27)11-12-3-8-16(21)22-10-12/h1-10H,11H2. The fourth-order valence-electron chi connectivity index (χ4n) is 2.82. The molecule has 0 spiro atoms. The molecule has 2 aliphatic heterocycles. The van der Waals surface area contributed by atoms with Crippen LogP contribution < -0.4 is 5.56 Å². The summed E-state index contributed by atoms with van der Waals surface area (Å²) in [6.45, 7) is 0.494. The highest BCUT2D eigenvalue weighted by Gasteiger charge is 2.16. The first-order valence-electron chi connectivity index (χ1n) is 8.01. The van der Waals surface area contributed by atoms with Gasteiger partial charge in [0.25, 0.3) is 5.56 Å². The lowest BCUT2D eigenvalue weighted by molar-refractivity contribution is 0.758. The molecule has 1 aromatic carbocycles. The smallest absolute Gasteiger partial charge is 0.268 e. The monoisotopic (exact) mass is 414 g/mol. The van der Waals surface area contributed by atoms with Crippen LogP contribution in [0, 0.1) is 4.77 Å². The minimum Gasteiger partial charge on any atom is -0.328 e. The predicted molar refractivity (Wildman–Crippen MR) is 109 cm³/mol. The van der Waals surface area contributed by atoms with Gasteiger partial charge in [-0.25, -0.2) is 9.97 Å². The van der Waals surface area contributed by atoms with E-state index in [4.69, 9.17) is 35.4 Å². The zero-order chi connectivity index (χ0) is 19.0. The topological polar surface area (TPSA) is 52.7 Å². The molecule has 0 bridgehead atoms.